The van der Waals surface area contributed by atoms with Gasteiger partial charge in [-0.25, -0.2) is 9.79 Å². The highest BCUT2D eigenvalue weighted by Gasteiger charge is 2.22. The molecule has 0 fully saturated rings. The Morgan fingerprint density at radius 3 is 2.61 bits per heavy atom. The summed E-state index contributed by atoms with van der Waals surface area (Å²) in [6, 6.07) is 4.47. The van der Waals surface area contributed by atoms with Crippen LogP contribution in [0, 0.1) is 0 Å². The summed E-state index contributed by atoms with van der Waals surface area (Å²) in [6.07, 6.45) is 1.48. The van der Waals surface area contributed by atoms with E-state index >= 15 is 0 Å². The molecule has 13 heteroatoms. The van der Waals surface area contributed by atoms with Gasteiger partial charge in [0.2, 0.25) is 5.95 Å². The van der Waals surface area contributed by atoms with E-state index in [1.165, 1.54) is 12.1 Å². The molecule has 2 aromatic rings. The van der Waals surface area contributed by atoms with Crippen LogP contribution in [0.2, 0.25) is 0 Å². The van der Waals surface area contributed by atoms with E-state index in [2.05, 4.69) is 25.6 Å². The van der Waals surface area contributed by atoms with Crippen molar-refractivity contribution >= 4 is 41.5 Å². The number of rotatable bonds is 10. The van der Waals surface area contributed by atoms with Crippen molar-refractivity contribution in [2.45, 2.75) is 31.3 Å². The molecule has 1 aromatic heterocycles. The van der Waals surface area contributed by atoms with Gasteiger partial charge in [-0.3, -0.25) is 19.4 Å². The van der Waals surface area contributed by atoms with Crippen molar-refractivity contribution in [3.05, 3.63) is 40.2 Å². The number of nitrogen functional groups attached to an aromatic ring is 1. The lowest BCUT2D eigenvalue weighted by molar-refractivity contribution is -0.140. The lowest BCUT2D eigenvalue weighted by Crippen LogP contribution is -2.41. The number of amides is 1. The minimum Gasteiger partial charge on any atom is -0.494 e. The first-order chi connectivity index (χ1) is 15.7. The average molecular weight is 458 g/mol. The molecule has 0 aliphatic carbocycles. The normalized spacial score (nSPS) is 15.1. The summed E-state index contributed by atoms with van der Waals surface area (Å²) in [5, 5.41) is 23.2. The first-order valence-electron chi connectivity index (χ1n) is 9.91. The van der Waals surface area contributed by atoms with Crippen molar-refractivity contribution in [2.24, 2.45) is 4.99 Å². The Bertz CT molecular complexity index is 1130. The van der Waals surface area contributed by atoms with E-state index in [1.54, 1.807) is 18.3 Å². The molecule has 3 rings (SSSR count). The fourth-order valence-electron chi connectivity index (χ4n) is 3.00. The summed E-state index contributed by atoms with van der Waals surface area (Å²) in [5.74, 6) is -2.42. The quantitative estimate of drug-likeness (QED) is 0.288. The molecule has 174 valence electrons. The second-order valence-electron chi connectivity index (χ2n) is 7.14. The number of nitrogens with zero attached hydrogens (tertiary/aromatic N) is 2. The number of carbonyl (C=O) groups excluding carboxylic acids is 1. The third-order valence-electron chi connectivity index (χ3n) is 4.69. The first-order valence-corrected chi connectivity index (χ1v) is 9.91. The van der Waals surface area contributed by atoms with Crippen LogP contribution in [0.1, 0.15) is 29.6 Å². The zero-order valence-corrected chi connectivity index (χ0v) is 17.3. The van der Waals surface area contributed by atoms with E-state index in [1.807, 2.05) is 0 Å². The molecule has 0 radical (unpaired) electrons. The number of benzene rings is 1. The summed E-state index contributed by atoms with van der Waals surface area (Å²) >= 11 is 0. The predicted molar refractivity (Wildman–Crippen MR) is 117 cm³/mol. The summed E-state index contributed by atoms with van der Waals surface area (Å²) in [7, 11) is 0. The van der Waals surface area contributed by atoms with E-state index in [9.17, 15) is 19.2 Å². The number of nitrogens with two attached hydrogens (primary N) is 1. The van der Waals surface area contributed by atoms with Gasteiger partial charge in [0, 0.05) is 24.6 Å². The number of H-pyrrole nitrogens is 1. The van der Waals surface area contributed by atoms with Crippen LogP contribution in [0.4, 0.5) is 17.5 Å². The van der Waals surface area contributed by atoms with Gasteiger partial charge in [0.15, 0.2) is 5.82 Å². The maximum Gasteiger partial charge on any atom is 0.326 e. The number of anilines is 2. The van der Waals surface area contributed by atoms with Gasteiger partial charge in [0.05, 0.1) is 12.6 Å². The topological polar surface area (TPSA) is 209 Å². The van der Waals surface area contributed by atoms with Crippen molar-refractivity contribution in [1.29, 1.82) is 0 Å². The Labute approximate surface area is 186 Å². The molecule has 7 N–H and O–H groups in total. The smallest absolute Gasteiger partial charge is 0.326 e. The lowest BCUT2D eigenvalue weighted by atomic mass is 10.1. The standard InChI is InChI=1S/C20H22N6O7/c21-20-25-16-15(18(30)26-20)23-11(9-22-16)7-8-33-12-3-1-10(2-4-12)17(29)24-13(19(31)32)5-6-14(27)28/h1-4,9,11,13,23H,5-8H2,(H,24,29)(H,27,28)(H,31,32)(H3,21,25,26,30). The lowest BCUT2D eigenvalue weighted by Gasteiger charge is -2.20. The van der Waals surface area contributed by atoms with Gasteiger partial charge in [-0.05, 0) is 30.7 Å². The van der Waals surface area contributed by atoms with Crippen LogP contribution in [0.25, 0.3) is 0 Å². The molecular formula is C20H22N6O7. The van der Waals surface area contributed by atoms with Crippen LogP contribution in [-0.4, -0.2) is 62.9 Å². The van der Waals surface area contributed by atoms with Gasteiger partial charge < -0.3 is 31.3 Å². The number of ether oxygens (including phenoxy) is 1. The molecule has 13 nitrogen and oxygen atoms in total. The second-order valence-corrected chi connectivity index (χ2v) is 7.14. The van der Waals surface area contributed by atoms with Crippen molar-refractivity contribution in [1.82, 2.24) is 15.3 Å². The van der Waals surface area contributed by atoms with Gasteiger partial charge in [-0.1, -0.05) is 0 Å². The molecule has 0 bridgehead atoms. The molecule has 1 aromatic carbocycles. The average Bonchev–Trinajstić information content (AvgIpc) is 2.77. The SMILES string of the molecule is Nc1nc2c(c(=O)[nH]1)NC(CCOc1ccc(C(=O)NC(CCC(=O)O)C(=O)O)cc1)C=N2. The Hall–Kier alpha value is -4.42. The number of fused-ring (bicyclic) bond motifs is 1. The number of aliphatic imine (C=N–C) groups is 1. The molecule has 0 saturated carbocycles. The summed E-state index contributed by atoms with van der Waals surface area (Å²) in [5.41, 5.74) is 5.51. The van der Waals surface area contributed by atoms with Gasteiger partial charge >= 0.3 is 11.9 Å². The van der Waals surface area contributed by atoms with Crippen molar-refractivity contribution in [3.8, 4) is 5.75 Å². The number of aromatic nitrogens is 2. The molecule has 1 aliphatic heterocycles. The fraction of sp³-hybridized carbons (Fsp3) is 0.300. The number of nitrogens with one attached hydrogen (secondary N) is 3. The Balaban J connectivity index is 1.50. The van der Waals surface area contributed by atoms with Gasteiger partial charge in [-0.15, -0.1) is 0 Å². The summed E-state index contributed by atoms with van der Waals surface area (Å²) in [6.45, 7) is 0.279. The Kier molecular flexibility index (Phi) is 7.23. The zero-order chi connectivity index (χ0) is 24.0. The minimum atomic E-state index is -1.31. The molecule has 1 aliphatic rings. The van der Waals surface area contributed by atoms with Crippen molar-refractivity contribution < 1.29 is 29.3 Å². The molecule has 2 heterocycles. The van der Waals surface area contributed by atoms with E-state index in [4.69, 9.17) is 20.7 Å². The van der Waals surface area contributed by atoms with Crippen LogP contribution in [0.15, 0.2) is 34.1 Å². The highest BCUT2D eigenvalue weighted by atomic mass is 16.5. The van der Waals surface area contributed by atoms with Crippen LogP contribution in [0.3, 0.4) is 0 Å². The summed E-state index contributed by atoms with van der Waals surface area (Å²) < 4.78 is 5.65. The minimum absolute atomic E-state index is 0.0182. The molecule has 2 atom stereocenters. The largest absolute Gasteiger partial charge is 0.494 e. The van der Waals surface area contributed by atoms with Crippen LogP contribution in [0.5, 0.6) is 5.75 Å². The fourth-order valence-corrected chi connectivity index (χ4v) is 3.00. The molecule has 0 spiro atoms. The number of aromatic amines is 1. The van der Waals surface area contributed by atoms with Gasteiger partial charge in [-0.2, -0.15) is 4.98 Å². The molecular weight excluding hydrogens is 436 g/mol. The van der Waals surface area contributed by atoms with Crippen LogP contribution < -0.4 is 26.7 Å². The highest BCUT2D eigenvalue weighted by Crippen LogP contribution is 2.23. The van der Waals surface area contributed by atoms with E-state index in [-0.39, 0.29) is 48.5 Å². The zero-order valence-electron chi connectivity index (χ0n) is 17.3. The maximum atomic E-state index is 12.3. The predicted octanol–water partition coefficient (Wildman–Crippen LogP) is 0.365. The molecule has 1 amide bonds. The van der Waals surface area contributed by atoms with Crippen molar-refractivity contribution in [2.75, 3.05) is 17.7 Å². The number of carbonyl (C=O) groups is 3. The highest BCUT2D eigenvalue weighted by molar-refractivity contribution is 5.96. The second kappa shape index (κ2) is 10.3. The van der Waals surface area contributed by atoms with Gasteiger partial charge in [0.1, 0.15) is 17.5 Å². The van der Waals surface area contributed by atoms with E-state index in [0.29, 0.717) is 12.2 Å². The van der Waals surface area contributed by atoms with E-state index in [0.717, 1.165) is 0 Å². The third-order valence-corrected chi connectivity index (χ3v) is 4.69. The van der Waals surface area contributed by atoms with Crippen LogP contribution in [-0.2, 0) is 9.59 Å². The first kappa shape index (κ1) is 23.2. The molecule has 0 saturated heterocycles. The maximum absolute atomic E-state index is 12.3. The van der Waals surface area contributed by atoms with Gasteiger partial charge in [0.25, 0.3) is 11.5 Å². The number of hydrogen-bond acceptors (Lipinski definition) is 9. The Morgan fingerprint density at radius 2 is 1.94 bits per heavy atom. The van der Waals surface area contributed by atoms with Crippen LogP contribution >= 0.6 is 0 Å². The number of carboxylic acids is 2. The molecule has 33 heavy (non-hydrogen) atoms. The molecule has 2 unspecified atom stereocenters. The number of carboxylic acid groups (broad SMARTS) is 2. The Morgan fingerprint density at radius 1 is 1.21 bits per heavy atom. The number of aliphatic carboxylic acids is 2. The number of hydrogen-bond donors (Lipinski definition) is 6. The summed E-state index contributed by atoms with van der Waals surface area (Å²) in [4.78, 5) is 56.5. The van der Waals surface area contributed by atoms with E-state index < -0.39 is 29.4 Å². The van der Waals surface area contributed by atoms with Crippen molar-refractivity contribution in [3.63, 3.8) is 0 Å². The monoisotopic (exact) mass is 458 g/mol. The third kappa shape index (κ3) is 6.29.